The molecule has 0 radical (unpaired) electrons. The van der Waals surface area contributed by atoms with Crippen molar-refractivity contribution in [2.24, 2.45) is 0 Å². The van der Waals surface area contributed by atoms with E-state index in [1.165, 1.54) is 39.3 Å². The third kappa shape index (κ3) is 3.53. The van der Waals surface area contributed by atoms with Crippen LogP contribution < -0.4 is 4.90 Å². The zero-order valence-corrected chi connectivity index (χ0v) is 12.6. The first-order valence-corrected chi connectivity index (χ1v) is 6.34. The van der Waals surface area contributed by atoms with Gasteiger partial charge in [0.05, 0.1) is 17.2 Å². The van der Waals surface area contributed by atoms with Gasteiger partial charge in [-0.1, -0.05) is 23.2 Å². The number of urea groups is 1. The van der Waals surface area contributed by atoms with Crippen LogP contribution in [0, 0.1) is 0 Å². The van der Waals surface area contributed by atoms with Crippen molar-refractivity contribution in [3.8, 4) is 0 Å². The summed E-state index contributed by atoms with van der Waals surface area (Å²) >= 11 is 11.7. The average Bonchev–Trinajstić information content (AvgIpc) is 2.41. The lowest BCUT2D eigenvalue weighted by Crippen LogP contribution is -2.48. The predicted octanol–water partition coefficient (Wildman–Crippen LogP) is 2.89. The zero-order chi connectivity index (χ0) is 15.4. The Morgan fingerprint density at radius 1 is 1.30 bits per heavy atom. The van der Waals surface area contributed by atoms with Crippen molar-refractivity contribution >= 4 is 40.9 Å². The molecule has 0 aliphatic rings. The van der Waals surface area contributed by atoms with Crippen LogP contribution in [0.3, 0.4) is 0 Å². The Hall–Kier alpha value is -1.50. The van der Waals surface area contributed by atoms with Crippen LogP contribution in [0.5, 0.6) is 0 Å². The van der Waals surface area contributed by atoms with Gasteiger partial charge in [-0.2, -0.15) is 0 Å². The number of benzene rings is 1. The van der Waals surface area contributed by atoms with Crippen LogP contribution >= 0.6 is 23.2 Å². The van der Waals surface area contributed by atoms with E-state index in [2.05, 4.69) is 0 Å². The molecule has 1 aromatic carbocycles. The molecule has 0 heterocycles. The van der Waals surface area contributed by atoms with Gasteiger partial charge in [-0.25, -0.2) is 14.7 Å². The zero-order valence-electron chi connectivity index (χ0n) is 11.1. The van der Waals surface area contributed by atoms with Crippen molar-refractivity contribution in [2.75, 3.05) is 19.1 Å². The van der Waals surface area contributed by atoms with Gasteiger partial charge >= 0.3 is 12.0 Å². The number of carboxylic acids is 1. The molecule has 0 saturated heterocycles. The van der Waals surface area contributed by atoms with Gasteiger partial charge in [-0.05, 0) is 25.1 Å². The standard InChI is InChI=1S/C12H14Cl2N2O4/c1-7(11(17)18)16(12(19)15(2)20-3)8-4-5-9(13)10(14)6-8/h4-7H,1-3H3,(H,17,18). The summed E-state index contributed by atoms with van der Waals surface area (Å²) in [5, 5.41) is 10.6. The topological polar surface area (TPSA) is 70.1 Å². The molecule has 20 heavy (non-hydrogen) atoms. The first-order chi connectivity index (χ1) is 9.29. The van der Waals surface area contributed by atoms with E-state index in [1.54, 1.807) is 0 Å². The number of hydrogen-bond donors (Lipinski definition) is 1. The van der Waals surface area contributed by atoms with Crippen LogP contribution in [0.2, 0.25) is 10.0 Å². The average molecular weight is 321 g/mol. The van der Waals surface area contributed by atoms with Gasteiger partial charge in [0.15, 0.2) is 0 Å². The molecule has 0 saturated carbocycles. The summed E-state index contributed by atoms with van der Waals surface area (Å²) in [7, 11) is 2.68. The van der Waals surface area contributed by atoms with Crippen LogP contribution in [0.25, 0.3) is 0 Å². The molecule has 2 amide bonds. The maximum atomic E-state index is 12.2. The van der Waals surface area contributed by atoms with Gasteiger partial charge in [-0.15, -0.1) is 0 Å². The molecule has 1 rings (SSSR count). The normalized spacial score (nSPS) is 11.8. The van der Waals surface area contributed by atoms with E-state index in [4.69, 9.17) is 33.1 Å². The molecule has 0 fully saturated rings. The Kier molecular flexibility index (Phi) is 5.62. The highest BCUT2D eigenvalue weighted by atomic mass is 35.5. The SMILES string of the molecule is CON(C)C(=O)N(c1ccc(Cl)c(Cl)c1)C(C)C(=O)O. The van der Waals surface area contributed by atoms with Crippen LogP contribution in [-0.4, -0.2) is 42.4 Å². The lowest BCUT2D eigenvalue weighted by atomic mass is 10.2. The summed E-state index contributed by atoms with van der Waals surface area (Å²) in [5.41, 5.74) is 0.309. The first-order valence-electron chi connectivity index (χ1n) is 5.58. The van der Waals surface area contributed by atoms with E-state index in [-0.39, 0.29) is 5.02 Å². The number of hydroxylamine groups is 2. The monoisotopic (exact) mass is 320 g/mol. The van der Waals surface area contributed by atoms with Gasteiger partial charge in [0.2, 0.25) is 0 Å². The molecular weight excluding hydrogens is 307 g/mol. The summed E-state index contributed by atoms with van der Waals surface area (Å²) in [6.07, 6.45) is 0. The van der Waals surface area contributed by atoms with Crippen molar-refractivity contribution in [1.29, 1.82) is 0 Å². The molecule has 0 aliphatic heterocycles. The van der Waals surface area contributed by atoms with Crippen molar-refractivity contribution < 1.29 is 19.5 Å². The fourth-order valence-corrected chi connectivity index (χ4v) is 1.77. The smallest absolute Gasteiger partial charge is 0.348 e. The van der Waals surface area contributed by atoms with E-state index in [0.29, 0.717) is 10.7 Å². The molecular formula is C12H14Cl2N2O4. The van der Waals surface area contributed by atoms with E-state index >= 15 is 0 Å². The lowest BCUT2D eigenvalue weighted by Gasteiger charge is -2.29. The number of carbonyl (C=O) groups is 2. The van der Waals surface area contributed by atoms with E-state index in [1.807, 2.05) is 0 Å². The minimum Gasteiger partial charge on any atom is -0.480 e. The molecule has 1 N–H and O–H groups in total. The summed E-state index contributed by atoms with van der Waals surface area (Å²) in [4.78, 5) is 29.2. The third-order valence-corrected chi connectivity index (χ3v) is 3.41. The van der Waals surface area contributed by atoms with Crippen molar-refractivity contribution in [3.05, 3.63) is 28.2 Å². The van der Waals surface area contributed by atoms with Crippen LogP contribution in [-0.2, 0) is 9.63 Å². The minimum absolute atomic E-state index is 0.222. The number of hydrogen-bond acceptors (Lipinski definition) is 3. The Morgan fingerprint density at radius 2 is 1.90 bits per heavy atom. The molecule has 0 spiro atoms. The van der Waals surface area contributed by atoms with Crippen molar-refractivity contribution in [2.45, 2.75) is 13.0 Å². The maximum Gasteiger partial charge on any atom is 0.348 e. The molecule has 1 atom stereocenters. The second-order valence-corrected chi connectivity index (χ2v) is 4.76. The van der Waals surface area contributed by atoms with Crippen LogP contribution in [0.15, 0.2) is 18.2 Å². The van der Waals surface area contributed by atoms with Crippen LogP contribution in [0.4, 0.5) is 10.5 Å². The molecule has 1 aromatic rings. The fourth-order valence-electron chi connectivity index (χ4n) is 1.47. The summed E-state index contributed by atoms with van der Waals surface area (Å²) < 4.78 is 0. The highest BCUT2D eigenvalue weighted by molar-refractivity contribution is 6.42. The van der Waals surface area contributed by atoms with Gasteiger partial charge in [0, 0.05) is 12.7 Å². The highest BCUT2D eigenvalue weighted by Crippen LogP contribution is 2.28. The minimum atomic E-state index is -1.16. The molecule has 6 nitrogen and oxygen atoms in total. The van der Waals surface area contributed by atoms with Crippen molar-refractivity contribution in [3.63, 3.8) is 0 Å². The second-order valence-electron chi connectivity index (χ2n) is 3.95. The van der Waals surface area contributed by atoms with Gasteiger partial charge in [-0.3, -0.25) is 9.74 Å². The van der Waals surface area contributed by atoms with E-state index in [9.17, 15) is 9.59 Å². The number of rotatable bonds is 4. The number of nitrogens with zero attached hydrogens (tertiary/aromatic N) is 2. The number of halogens is 2. The summed E-state index contributed by atoms with van der Waals surface area (Å²) in [5.74, 6) is -1.16. The Labute approximate surface area is 126 Å². The Balaban J connectivity index is 3.26. The summed E-state index contributed by atoms with van der Waals surface area (Å²) in [6.45, 7) is 1.38. The molecule has 1 unspecified atom stereocenters. The molecule has 110 valence electrons. The second kappa shape index (κ2) is 6.78. The van der Waals surface area contributed by atoms with E-state index in [0.717, 1.165) is 9.96 Å². The molecule has 0 aromatic heterocycles. The fraction of sp³-hybridized carbons (Fsp3) is 0.333. The predicted molar refractivity (Wildman–Crippen MR) is 76.2 cm³/mol. The highest BCUT2D eigenvalue weighted by Gasteiger charge is 2.30. The quantitative estimate of drug-likeness (QED) is 0.866. The lowest BCUT2D eigenvalue weighted by molar-refractivity contribution is -0.138. The largest absolute Gasteiger partial charge is 0.480 e. The number of carboxylic acid groups (broad SMARTS) is 1. The molecule has 0 aliphatic carbocycles. The number of amides is 2. The Morgan fingerprint density at radius 3 is 2.35 bits per heavy atom. The van der Waals surface area contributed by atoms with Crippen molar-refractivity contribution in [1.82, 2.24) is 5.06 Å². The maximum absolute atomic E-state index is 12.2. The number of carbonyl (C=O) groups excluding carboxylic acids is 1. The van der Waals surface area contributed by atoms with Gasteiger partial charge < -0.3 is 5.11 Å². The number of aliphatic carboxylic acids is 1. The number of anilines is 1. The first kappa shape index (κ1) is 16.6. The Bertz CT molecular complexity index is 524. The van der Waals surface area contributed by atoms with Gasteiger partial charge in [0.1, 0.15) is 6.04 Å². The third-order valence-electron chi connectivity index (χ3n) is 2.68. The molecule has 0 bridgehead atoms. The van der Waals surface area contributed by atoms with Gasteiger partial charge in [0.25, 0.3) is 0 Å². The molecule has 8 heteroatoms. The van der Waals surface area contributed by atoms with Crippen LogP contribution in [0.1, 0.15) is 6.92 Å². The summed E-state index contributed by atoms with van der Waals surface area (Å²) in [6, 6.07) is 2.68. The van der Waals surface area contributed by atoms with E-state index < -0.39 is 18.0 Å².